The van der Waals surface area contributed by atoms with Gasteiger partial charge in [-0.3, -0.25) is 0 Å². The van der Waals surface area contributed by atoms with Crippen molar-refractivity contribution in [1.29, 1.82) is 5.26 Å². The number of aliphatic hydroxyl groups is 2. The molecule has 0 spiro atoms. The highest BCUT2D eigenvalue weighted by Crippen LogP contribution is 2.41. The smallest absolute Gasteiger partial charge is 0.387 e. The van der Waals surface area contributed by atoms with Crippen molar-refractivity contribution in [2.75, 3.05) is 32.2 Å². The van der Waals surface area contributed by atoms with Crippen LogP contribution in [0.15, 0.2) is 48.8 Å². The number of hydrogen-bond acceptors (Lipinski definition) is 12. The molecule has 1 aliphatic heterocycles. The molecular weight excluding hydrogens is 726 g/mol. The normalized spacial score (nSPS) is 20.7. The molecule has 4 rings (SSSR count). The van der Waals surface area contributed by atoms with Crippen molar-refractivity contribution in [2.45, 2.75) is 146 Å². The maximum atomic E-state index is 11.0. The molecule has 2 aromatic heterocycles. The van der Waals surface area contributed by atoms with Crippen LogP contribution >= 0.6 is 7.15 Å². The standard InChI is InChI=1S/C40H61N5O7PS/c1-2-3-4-5-6-7-8-9-10-11-12-13-14-15-16-20-25-48-27-33(49-26-32-21-18-17-19-22-32)28-50-53(54)51-29-35-37(46)38(47)40(30-41,52-35)36-24-23-34-39(42)43-31-44-45(34)36/h17-19,21-24,31,33,35,37-38,46-47H,2-16,20,25-29H2,1H3,(H2,42,43,44)/q+1/t33-,35-,37-,38-,40+/m1/s1. The van der Waals surface area contributed by atoms with E-state index in [1.54, 1.807) is 12.1 Å². The SMILES string of the molecule is CCCCCCCCCCCCCCCCCCOC[C@H](CO[P+](=S)OC[C@H]1O[C@@](C#N)(c2ccc3c(N)ncnn23)[C@H](O)[C@@H]1O)OCc1ccccc1. The summed E-state index contributed by atoms with van der Waals surface area (Å²) in [4.78, 5) is 3.96. The fourth-order valence-corrected chi connectivity index (χ4v) is 7.76. The van der Waals surface area contributed by atoms with Crippen LogP contribution in [0.5, 0.6) is 0 Å². The second kappa shape index (κ2) is 24.8. The van der Waals surface area contributed by atoms with Gasteiger partial charge >= 0.3 is 7.15 Å². The first-order chi connectivity index (χ1) is 26.4. The predicted octanol–water partition coefficient (Wildman–Crippen LogP) is 7.82. The summed E-state index contributed by atoms with van der Waals surface area (Å²) in [6.45, 7) is 3.62. The molecule has 298 valence electrons. The zero-order chi connectivity index (χ0) is 38.4. The lowest BCUT2D eigenvalue weighted by Gasteiger charge is -2.24. The number of ether oxygens (including phenoxy) is 3. The Hall–Kier alpha value is -2.63. The van der Waals surface area contributed by atoms with Crippen LogP contribution in [0.2, 0.25) is 0 Å². The van der Waals surface area contributed by atoms with Gasteiger partial charge in [0.05, 0.1) is 18.9 Å². The molecule has 1 aliphatic rings. The quantitative estimate of drug-likeness (QED) is 0.0462. The number of unbranched alkanes of at least 4 members (excludes halogenated alkanes) is 15. The molecule has 3 aromatic rings. The summed E-state index contributed by atoms with van der Waals surface area (Å²) in [6, 6.07) is 15.1. The molecule has 0 aliphatic carbocycles. The molecule has 6 atom stereocenters. The van der Waals surface area contributed by atoms with Gasteiger partial charge in [0, 0.05) is 6.61 Å². The molecule has 1 aromatic carbocycles. The lowest BCUT2D eigenvalue weighted by atomic mass is 9.92. The number of nitriles is 1. The van der Waals surface area contributed by atoms with Gasteiger partial charge in [-0.1, -0.05) is 134 Å². The van der Waals surface area contributed by atoms with Gasteiger partial charge in [0.2, 0.25) is 17.4 Å². The summed E-state index contributed by atoms with van der Waals surface area (Å²) < 4.78 is 31.1. The minimum Gasteiger partial charge on any atom is -0.387 e. The maximum Gasteiger partial charge on any atom is 0.521 e. The van der Waals surface area contributed by atoms with E-state index in [4.69, 9.17) is 40.8 Å². The van der Waals surface area contributed by atoms with Crippen LogP contribution in [0.3, 0.4) is 0 Å². The number of nitrogen functional groups attached to an aromatic ring is 1. The fraction of sp³-hybridized carbons (Fsp3) is 0.675. The monoisotopic (exact) mass is 786 g/mol. The van der Waals surface area contributed by atoms with Crippen LogP contribution in [0.1, 0.15) is 121 Å². The Morgan fingerprint density at radius 3 is 2.17 bits per heavy atom. The van der Waals surface area contributed by atoms with Gasteiger partial charge in [-0.25, -0.2) is 9.50 Å². The predicted molar refractivity (Wildman–Crippen MR) is 213 cm³/mol. The van der Waals surface area contributed by atoms with Crippen molar-refractivity contribution in [3.05, 3.63) is 60.0 Å². The van der Waals surface area contributed by atoms with Gasteiger partial charge in [0.15, 0.2) is 5.82 Å². The van der Waals surface area contributed by atoms with E-state index < -0.39 is 31.1 Å². The largest absolute Gasteiger partial charge is 0.521 e. The second-order valence-electron chi connectivity index (χ2n) is 14.2. The van der Waals surface area contributed by atoms with Crippen LogP contribution in [0, 0.1) is 11.3 Å². The van der Waals surface area contributed by atoms with E-state index in [0.717, 1.165) is 18.4 Å². The maximum absolute atomic E-state index is 11.0. The summed E-state index contributed by atoms with van der Waals surface area (Å²) in [5.74, 6) is 0.197. The first-order valence-corrected chi connectivity index (χ1v) is 22.1. The first-order valence-electron chi connectivity index (χ1n) is 19.9. The molecule has 1 fully saturated rings. The molecule has 0 radical (unpaired) electrons. The summed E-state index contributed by atoms with van der Waals surface area (Å²) >= 11 is 5.46. The molecule has 1 unspecified atom stereocenters. The van der Waals surface area contributed by atoms with Gasteiger partial charge in [-0.05, 0) is 24.1 Å². The number of hydrogen-bond donors (Lipinski definition) is 3. The minimum atomic E-state index is -1.92. The Kier molecular flexibility index (Phi) is 20.2. The second-order valence-corrected chi connectivity index (χ2v) is 16.1. The Labute approximate surface area is 327 Å². The molecule has 54 heavy (non-hydrogen) atoms. The molecule has 4 N–H and O–H groups in total. The van der Waals surface area contributed by atoms with Gasteiger partial charge < -0.3 is 30.2 Å². The van der Waals surface area contributed by atoms with E-state index in [9.17, 15) is 15.5 Å². The molecular formula is C40H61N5O7PS+. The van der Waals surface area contributed by atoms with Crippen molar-refractivity contribution >= 4 is 30.3 Å². The molecule has 0 amide bonds. The molecule has 14 heteroatoms. The van der Waals surface area contributed by atoms with E-state index in [1.807, 2.05) is 36.4 Å². The first kappa shape index (κ1) is 44.1. The van der Waals surface area contributed by atoms with Crippen molar-refractivity contribution in [3.8, 4) is 6.07 Å². The van der Waals surface area contributed by atoms with Gasteiger partial charge in [0.1, 0.15) is 55.5 Å². The minimum absolute atomic E-state index is 0.150. The molecule has 3 heterocycles. The number of benzene rings is 1. The van der Waals surface area contributed by atoms with E-state index in [2.05, 4.69) is 17.0 Å². The molecule has 0 saturated carbocycles. The summed E-state index contributed by atoms with van der Waals surface area (Å²) in [7, 11) is -1.83. The summed E-state index contributed by atoms with van der Waals surface area (Å²) in [6.07, 6.45) is 18.0. The van der Waals surface area contributed by atoms with Crippen molar-refractivity contribution in [3.63, 3.8) is 0 Å². The third-order valence-electron chi connectivity index (χ3n) is 9.97. The topological polar surface area (TPSA) is 167 Å². The van der Waals surface area contributed by atoms with E-state index in [-0.39, 0.29) is 30.8 Å². The average Bonchev–Trinajstić information content (AvgIpc) is 3.74. The third-order valence-corrected chi connectivity index (χ3v) is 11.3. The Balaban J connectivity index is 1.12. The van der Waals surface area contributed by atoms with Gasteiger partial charge in [-0.15, -0.1) is 9.05 Å². The Morgan fingerprint density at radius 2 is 1.54 bits per heavy atom. The summed E-state index contributed by atoms with van der Waals surface area (Å²) in [5, 5.41) is 36.2. The molecule has 12 nitrogen and oxygen atoms in total. The number of aromatic nitrogens is 3. The zero-order valence-electron chi connectivity index (χ0n) is 31.9. The Morgan fingerprint density at radius 1 is 0.907 bits per heavy atom. The molecule has 0 bridgehead atoms. The Bertz CT molecular complexity index is 1550. The van der Waals surface area contributed by atoms with E-state index >= 15 is 0 Å². The van der Waals surface area contributed by atoms with Crippen LogP contribution in [0.4, 0.5) is 5.82 Å². The van der Waals surface area contributed by atoms with Crippen LogP contribution in [0.25, 0.3) is 5.52 Å². The van der Waals surface area contributed by atoms with Crippen LogP contribution in [-0.2, 0) is 47.3 Å². The molecule has 1 saturated heterocycles. The van der Waals surface area contributed by atoms with Crippen molar-refractivity contribution in [2.24, 2.45) is 0 Å². The van der Waals surface area contributed by atoms with Crippen molar-refractivity contribution < 1.29 is 33.5 Å². The highest BCUT2D eigenvalue weighted by molar-refractivity contribution is 8.00. The zero-order valence-corrected chi connectivity index (χ0v) is 33.6. The van der Waals surface area contributed by atoms with Gasteiger partial charge in [-0.2, -0.15) is 10.4 Å². The highest BCUT2D eigenvalue weighted by atomic mass is 32.4. The number of fused-ring (bicyclic) bond motifs is 1. The fourth-order valence-electron chi connectivity index (χ4n) is 6.77. The lowest BCUT2D eigenvalue weighted by Crippen LogP contribution is -2.41. The number of anilines is 1. The van der Waals surface area contributed by atoms with Gasteiger partial charge in [0.25, 0.3) is 0 Å². The number of rotatable bonds is 29. The van der Waals surface area contributed by atoms with E-state index in [1.165, 1.54) is 101 Å². The third kappa shape index (κ3) is 13.8. The number of aliphatic hydroxyl groups excluding tert-OH is 2. The van der Waals surface area contributed by atoms with Crippen LogP contribution < -0.4 is 5.73 Å². The summed E-state index contributed by atoms with van der Waals surface area (Å²) in [5.41, 5.74) is 5.70. The number of nitrogens with zero attached hydrogens (tertiary/aromatic N) is 4. The van der Waals surface area contributed by atoms with E-state index in [0.29, 0.717) is 25.3 Å². The average molecular weight is 787 g/mol. The van der Waals surface area contributed by atoms with Crippen molar-refractivity contribution in [1.82, 2.24) is 14.6 Å². The highest BCUT2D eigenvalue weighted by Gasteiger charge is 2.58. The number of nitrogens with two attached hydrogens (primary N) is 1. The van der Waals surface area contributed by atoms with Crippen LogP contribution in [-0.4, -0.2) is 75.7 Å². The lowest BCUT2D eigenvalue weighted by molar-refractivity contribution is -0.0627.